The van der Waals surface area contributed by atoms with Crippen LogP contribution in [0.2, 0.25) is 0 Å². The Labute approximate surface area is 109 Å². The summed E-state index contributed by atoms with van der Waals surface area (Å²) in [4.78, 5) is 13.8. The minimum Gasteiger partial charge on any atom is -0.298 e. The van der Waals surface area contributed by atoms with Crippen LogP contribution in [0.15, 0.2) is 24.3 Å². The third-order valence-electron chi connectivity index (χ3n) is 2.83. The summed E-state index contributed by atoms with van der Waals surface area (Å²) in [6, 6.07) is 9.91. The third kappa shape index (κ3) is 4.68. The van der Waals surface area contributed by atoms with Gasteiger partial charge in [0.25, 0.3) is 0 Å². The highest BCUT2D eigenvalue weighted by atomic mass is 16.1. The summed E-state index contributed by atoms with van der Waals surface area (Å²) in [5.41, 5.74) is 2.02. The second-order valence-corrected chi connectivity index (χ2v) is 4.52. The van der Waals surface area contributed by atoms with Gasteiger partial charge in [-0.25, -0.2) is 0 Å². The number of likely N-dealkylation sites (N-methyl/N-ethyl adjacent to an activating group) is 1. The van der Waals surface area contributed by atoms with Crippen molar-refractivity contribution in [2.45, 2.75) is 26.2 Å². The average Bonchev–Trinajstić information content (AvgIpc) is 2.37. The molecule has 0 fully saturated rings. The average molecular weight is 244 g/mol. The Bertz CT molecular complexity index is 417. The van der Waals surface area contributed by atoms with Gasteiger partial charge >= 0.3 is 0 Å². The maximum absolute atomic E-state index is 12.0. The van der Waals surface area contributed by atoms with Crippen LogP contribution in [0.1, 0.15) is 35.7 Å². The van der Waals surface area contributed by atoms with Crippen molar-refractivity contribution >= 4 is 5.78 Å². The molecule has 18 heavy (non-hydrogen) atoms. The molecule has 0 saturated heterocycles. The van der Waals surface area contributed by atoms with Crippen LogP contribution in [0.4, 0.5) is 0 Å². The Morgan fingerprint density at radius 2 is 2.00 bits per heavy atom. The highest BCUT2D eigenvalue weighted by molar-refractivity contribution is 5.97. The van der Waals surface area contributed by atoms with E-state index in [1.807, 2.05) is 36.2 Å². The van der Waals surface area contributed by atoms with E-state index in [1.165, 1.54) is 5.56 Å². The molecule has 0 aliphatic carbocycles. The van der Waals surface area contributed by atoms with E-state index in [0.29, 0.717) is 19.5 Å². The fraction of sp³-hybridized carbons (Fsp3) is 0.467. The highest BCUT2D eigenvalue weighted by Crippen LogP contribution is 2.08. The Balaban J connectivity index is 2.53. The Kier molecular flexibility index (Phi) is 6.10. The molecule has 0 amide bonds. The normalized spacial score (nSPS) is 10.3. The second kappa shape index (κ2) is 7.62. The fourth-order valence-electron chi connectivity index (χ4n) is 1.80. The fourth-order valence-corrected chi connectivity index (χ4v) is 1.80. The van der Waals surface area contributed by atoms with Crippen molar-refractivity contribution in [3.63, 3.8) is 0 Å². The molecule has 0 aliphatic rings. The highest BCUT2D eigenvalue weighted by Gasteiger charge is 2.08. The summed E-state index contributed by atoms with van der Waals surface area (Å²) in [6.07, 6.45) is 2.62. The van der Waals surface area contributed by atoms with Gasteiger partial charge in [0.05, 0.1) is 12.6 Å². The molecule has 0 bridgehead atoms. The summed E-state index contributed by atoms with van der Waals surface area (Å²) in [5.74, 6) is 0.110. The smallest absolute Gasteiger partial charge is 0.176 e. The number of benzene rings is 1. The van der Waals surface area contributed by atoms with Crippen LogP contribution < -0.4 is 0 Å². The van der Waals surface area contributed by atoms with Gasteiger partial charge in [0.15, 0.2) is 5.78 Å². The van der Waals surface area contributed by atoms with Crippen molar-refractivity contribution in [1.82, 2.24) is 4.90 Å². The maximum atomic E-state index is 12.0. The van der Waals surface area contributed by atoms with Crippen LogP contribution in [0.5, 0.6) is 0 Å². The Morgan fingerprint density at radius 1 is 1.33 bits per heavy atom. The predicted octanol–water partition coefficient (Wildman–Crippen LogP) is 2.67. The van der Waals surface area contributed by atoms with Crippen LogP contribution in [0.3, 0.4) is 0 Å². The van der Waals surface area contributed by atoms with E-state index >= 15 is 0 Å². The molecule has 96 valence electrons. The molecule has 1 aromatic carbocycles. The van der Waals surface area contributed by atoms with E-state index in [-0.39, 0.29) is 5.78 Å². The molecule has 1 rings (SSSR count). The SMILES string of the molecule is CCCc1ccc(C(=O)CN(C)CCC#N)cc1. The van der Waals surface area contributed by atoms with E-state index in [2.05, 4.69) is 13.0 Å². The molecular formula is C15H20N2O. The van der Waals surface area contributed by atoms with E-state index in [1.54, 1.807) is 0 Å². The van der Waals surface area contributed by atoms with E-state index in [0.717, 1.165) is 18.4 Å². The zero-order chi connectivity index (χ0) is 13.4. The van der Waals surface area contributed by atoms with Gasteiger partial charge in [0.1, 0.15) is 0 Å². The number of nitrogens with zero attached hydrogens (tertiary/aromatic N) is 2. The van der Waals surface area contributed by atoms with Gasteiger partial charge in [-0.15, -0.1) is 0 Å². The number of rotatable bonds is 7. The predicted molar refractivity (Wildman–Crippen MR) is 72.5 cm³/mol. The maximum Gasteiger partial charge on any atom is 0.176 e. The van der Waals surface area contributed by atoms with Crippen molar-refractivity contribution in [3.8, 4) is 6.07 Å². The molecule has 3 nitrogen and oxygen atoms in total. The monoisotopic (exact) mass is 244 g/mol. The lowest BCUT2D eigenvalue weighted by Gasteiger charge is -2.13. The first-order valence-electron chi connectivity index (χ1n) is 6.35. The number of carbonyl (C=O) groups is 1. The molecule has 0 aromatic heterocycles. The molecular weight excluding hydrogens is 224 g/mol. The Hall–Kier alpha value is -1.66. The van der Waals surface area contributed by atoms with Gasteiger partial charge in [-0.1, -0.05) is 37.6 Å². The Morgan fingerprint density at radius 3 is 2.56 bits per heavy atom. The summed E-state index contributed by atoms with van der Waals surface area (Å²) >= 11 is 0. The van der Waals surface area contributed by atoms with Crippen LogP contribution in [0, 0.1) is 11.3 Å². The first kappa shape index (κ1) is 14.4. The van der Waals surface area contributed by atoms with E-state index in [9.17, 15) is 4.79 Å². The molecule has 0 aliphatic heterocycles. The molecule has 1 aromatic rings. The van der Waals surface area contributed by atoms with Crippen molar-refractivity contribution < 1.29 is 4.79 Å². The van der Waals surface area contributed by atoms with Gasteiger partial charge in [-0.3, -0.25) is 9.69 Å². The lowest BCUT2D eigenvalue weighted by Crippen LogP contribution is -2.26. The van der Waals surface area contributed by atoms with Gasteiger partial charge in [0, 0.05) is 18.5 Å². The van der Waals surface area contributed by atoms with Crippen molar-refractivity contribution in [3.05, 3.63) is 35.4 Å². The number of Topliss-reactive ketones (excluding diaryl/α,β-unsaturated/α-hetero) is 1. The van der Waals surface area contributed by atoms with Gasteiger partial charge in [-0.05, 0) is 19.0 Å². The topological polar surface area (TPSA) is 44.1 Å². The zero-order valence-electron chi connectivity index (χ0n) is 11.1. The lowest BCUT2D eigenvalue weighted by atomic mass is 10.1. The summed E-state index contributed by atoms with van der Waals surface area (Å²) in [5, 5.41) is 8.49. The minimum absolute atomic E-state index is 0.110. The first-order chi connectivity index (χ1) is 8.67. The number of carbonyl (C=O) groups excluding carboxylic acids is 1. The van der Waals surface area contributed by atoms with Crippen molar-refractivity contribution in [2.75, 3.05) is 20.1 Å². The number of aryl methyl sites for hydroxylation is 1. The first-order valence-corrected chi connectivity index (χ1v) is 6.35. The zero-order valence-corrected chi connectivity index (χ0v) is 11.1. The molecule has 0 heterocycles. The summed E-state index contributed by atoms with van der Waals surface area (Å²) in [7, 11) is 1.86. The number of nitriles is 1. The second-order valence-electron chi connectivity index (χ2n) is 4.52. The molecule has 0 unspecified atom stereocenters. The minimum atomic E-state index is 0.110. The van der Waals surface area contributed by atoms with Crippen LogP contribution >= 0.6 is 0 Å². The lowest BCUT2D eigenvalue weighted by molar-refractivity contribution is 0.0947. The van der Waals surface area contributed by atoms with Crippen LogP contribution in [0.25, 0.3) is 0 Å². The summed E-state index contributed by atoms with van der Waals surface area (Å²) < 4.78 is 0. The van der Waals surface area contributed by atoms with Crippen LogP contribution in [-0.2, 0) is 6.42 Å². The van der Waals surface area contributed by atoms with Crippen molar-refractivity contribution in [1.29, 1.82) is 5.26 Å². The van der Waals surface area contributed by atoms with Crippen LogP contribution in [-0.4, -0.2) is 30.8 Å². The molecule has 0 radical (unpaired) electrons. The van der Waals surface area contributed by atoms with Crippen molar-refractivity contribution in [2.24, 2.45) is 0 Å². The molecule has 0 N–H and O–H groups in total. The van der Waals surface area contributed by atoms with E-state index < -0.39 is 0 Å². The van der Waals surface area contributed by atoms with Gasteiger partial charge < -0.3 is 0 Å². The number of hydrogen-bond acceptors (Lipinski definition) is 3. The quantitative estimate of drug-likeness (QED) is 0.693. The van der Waals surface area contributed by atoms with Gasteiger partial charge in [0.2, 0.25) is 0 Å². The standard InChI is InChI=1S/C15H20N2O/c1-3-5-13-6-8-14(9-7-13)15(18)12-17(2)11-4-10-16/h6-9H,3-5,11-12H2,1-2H3. The molecule has 0 spiro atoms. The molecule has 0 saturated carbocycles. The third-order valence-corrected chi connectivity index (χ3v) is 2.83. The van der Waals surface area contributed by atoms with Gasteiger partial charge in [-0.2, -0.15) is 5.26 Å². The van der Waals surface area contributed by atoms with E-state index in [4.69, 9.17) is 5.26 Å². The number of hydrogen-bond donors (Lipinski definition) is 0. The number of ketones is 1. The largest absolute Gasteiger partial charge is 0.298 e. The molecule has 0 atom stereocenters. The molecule has 3 heteroatoms. The summed E-state index contributed by atoms with van der Waals surface area (Å²) in [6.45, 7) is 3.15.